The average Bonchev–Trinajstić information content (AvgIpc) is 4.02. The zero-order valence-electron chi connectivity index (χ0n) is 26.7. The van der Waals surface area contributed by atoms with Crippen LogP contribution in [0.1, 0.15) is 75.7 Å². The summed E-state index contributed by atoms with van der Waals surface area (Å²) < 4.78 is 93.5. The summed E-state index contributed by atoms with van der Waals surface area (Å²) >= 11 is 12.2. The van der Waals surface area contributed by atoms with Crippen LogP contribution < -0.4 is 9.46 Å². The van der Waals surface area contributed by atoms with Gasteiger partial charge in [0, 0.05) is 18.5 Å². The Morgan fingerprint density at radius 1 is 0.863 bits per heavy atom. The lowest BCUT2D eigenvalue weighted by molar-refractivity contribution is -0.132. The van der Waals surface area contributed by atoms with Gasteiger partial charge >= 0.3 is 5.97 Å². The van der Waals surface area contributed by atoms with Gasteiger partial charge in [-0.1, -0.05) is 53.5 Å². The Labute approximate surface area is 301 Å². The molecule has 268 valence electrons. The van der Waals surface area contributed by atoms with Crippen LogP contribution in [-0.2, 0) is 27.8 Å². The van der Waals surface area contributed by atoms with Crippen LogP contribution in [0.3, 0.4) is 0 Å². The molecule has 15 heteroatoms. The van der Waals surface area contributed by atoms with Gasteiger partial charge in [0.2, 0.25) is 15.9 Å². The molecule has 51 heavy (non-hydrogen) atoms. The van der Waals surface area contributed by atoms with Crippen LogP contribution in [0.2, 0.25) is 10.0 Å². The van der Waals surface area contributed by atoms with Crippen LogP contribution in [0.4, 0.5) is 23.2 Å². The number of nitrogens with one attached hydrogen (secondary N) is 1. The summed E-state index contributed by atoms with van der Waals surface area (Å²) in [5.74, 6) is -10.8. The molecule has 2 fully saturated rings. The van der Waals surface area contributed by atoms with Gasteiger partial charge in [-0.3, -0.25) is 9.52 Å². The van der Waals surface area contributed by atoms with Gasteiger partial charge in [0.25, 0.3) is 0 Å². The minimum atomic E-state index is -4.91. The van der Waals surface area contributed by atoms with Crippen molar-refractivity contribution in [1.82, 2.24) is 4.90 Å². The molecule has 2 aliphatic rings. The van der Waals surface area contributed by atoms with Crippen molar-refractivity contribution in [3.8, 4) is 5.75 Å². The molecular formula is C36H30Cl2F4N2O6S. The Morgan fingerprint density at radius 2 is 1.47 bits per heavy atom. The third-order valence-corrected chi connectivity index (χ3v) is 10.7. The highest BCUT2D eigenvalue weighted by molar-refractivity contribution is 7.93. The molecule has 0 aliphatic heterocycles. The van der Waals surface area contributed by atoms with Crippen LogP contribution in [-0.4, -0.2) is 42.8 Å². The van der Waals surface area contributed by atoms with Crippen LogP contribution in [0.5, 0.6) is 5.75 Å². The smallest absolute Gasteiger partial charge is 0.335 e. The second-order valence-electron chi connectivity index (χ2n) is 12.6. The molecule has 0 heterocycles. The summed E-state index contributed by atoms with van der Waals surface area (Å²) in [5.41, 5.74) is 0.871. The number of carbonyl (C=O) groups is 2. The topological polar surface area (TPSA) is 113 Å². The lowest BCUT2D eigenvalue weighted by Gasteiger charge is -2.24. The standard InChI is InChI=1S/C36H30Cl2F4N2O6S/c37-28-3-1-2-23(30(28)38)15-27-31(39)32(40)33(41)34(42)35(27)43-51(48,49)17-29(45)44(18-50-26-10-8-22(9-11-26)36(46)47)16-19-12-24(20-4-5-20)14-25(13-19)21-6-7-21/h1-3,8-14,20-21,43H,4-7,15-18H2,(H,46,47). The van der Waals surface area contributed by atoms with Gasteiger partial charge in [0.05, 0.1) is 21.3 Å². The molecule has 2 saturated carbocycles. The number of nitrogens with zero attached hydrogens (tertiary/aromatic N) is 1. The Bertz CT molecular complexity index is 2100. The van der Waals surface area contributed by atoms with Crippen LogP contribution in [0, 0.1) is 23.3 Å². The highest BCUT2D eigenvalue weighted by Gasteiger charge is 2.32. The average molecular weight is 766 g/mol. The molecule has 2 aliphatic carbocycles. The molecule has 0 radical (unpaired) electrons. The van der Waals surface area contributed by atoms with Crippen molar-refractivity contribution in [1.29, 1.82) is 0 Å². The minimum absolute atomic E-state index is 0.00477. The molecule has 2 N–H and O–H groups in total. The van der Waals surface area contributed by atoms with Crippen molar-refractivity contribution < 1.29 is 45.4 Å². The number of carboxylic acid groups (broad SMARTS) is 1. The van der Waals surface area contributed by atoms with Gasteiger partial charge in [0.15, 0.2) is 30.0 Å². The fraction of sp³-hybridized carbons (Fsp3) is 0.278. The largest absolute Gasteiger partial charge is 0.478 e. The minimum Gasteiger partial charge on any atom is -0.478 e. The first-order valence-corrected chi connectivity index (χ1v) is 18.3. The number of sulfonamides is 1. The summed E-state index contributed by atoms with van der Waals surface area (Å²) in [7, 11) is -4.91. The molecule has 4 aromatic carbocycles. The number of amides is 1. The van der Waals surface area contributed by atoms with E-state index in [1.54, 1.807) is 4.72 Å². The third kappa shape index (κ3) is 8.59. The second-order valence-corrected chi connectivity index (χ2v) is 15.1. The van der Waals surface area contributed by atoms with Crippen LogP contribution in [0.25, 0.3) is 0 Å². The number of ether oxygens (including phenoxy) is 1. The van der Waals surface area contributed by atoms with E-state index in [1.165, 1.54) is 42.5 Å². The van der Waals surface area contributed by atoms with Crippen molar-refractivity contribution in [2.75, 3.05) is 17.2 Å². The Morgan fingerprint density at radius 3 is 2.06 bits per heavy atom. The van der Waals surface area contributed by atoms with E-state index >= 15 is 8.78 Å². The number of halogens is 6. The van der Waals surface area contributed by atoms with Crippen molar-refractivity contribution in [2.45, 2.75) is 50.5 Å². The van der Waals surface area contributed by atoms with E-state index < -0.39 is 75.3 Å². The monoisotopic (exact) mass is 764 g/mol. The highest BCUT2D eigenvalue weighted by Crippen LogP contribution is 2.45. The summed E-state index contributed by atoms with van der Waals surface area (Å²) in [6, 6.07) is 15.6. The first kappa shape index (κ1) is 36.5. The van der Waals surface area contributed by atoms with E-state index in [2.05, 4.69) is 6.07 Å². The molecular weight excluding hydrogens is 735 g/mol. The molecule has 6 rings (SSSR count). The number of benzene rings is 4. The van der Waals surface area contributed by atoms with Crippen molar-refractivity contribution >= 4 is 50.8 Å². The number of hydrogen-bond donors (Lipinski definition) is 2. The quantitative estimate of drug-likeness (QED) is 0.0578. The summed E-state index contributed by atoms with van der Waals surface area (Å²) in [5, 5.41) is 9.12. The number of rotatable bonds is 14. The molecule has 1 amide bonds. The van der Waals surface area contributed by atoms with Gasteiger partial charge in [-0.25, -0.2) is 30.8 Å². The lowest BCUT2D eigenvalue weighted by atomic mass is 9.99. The van der Waals surface area contributed by atoms with Gasteiger partial charge < -0.3 is 14.7 Å². The molecule has 0 spiro atoms. The Hall–Kier alpha value is -4.33. The summed E-state index contributed by atoms with van der Waals surface area (Å²) in [6.07, 6.45) is 3.43. The fourth-order valence-electron chi connectivity index (χ4n) is 5.68. The van der Waals surface area contributed by atoms with Crippen molar-refractivity contribution in [3.63, 3.8) is 0 Å². The van der Waals surface area contributed by atoms with Crippen molar-refractivity contribution in [3.05, 3.63) is 127 Å². The van der Waals surface area contributed by atoms with Gasteiger partial charge in [-0.05, 0) is 90.1 Å². The maximum atomic E-state index is 15.2. The number of hydrogen-bond acceptors (Lipinski definition) is 5. The molecule has 0 saturated heterocycles. The number of aromatic carboxylic acids is 1. The SMILES string of the molecule is O=C(O)c1ccc(OCN(Cc2cc(C3CC3)cc(C3CC3)c2)C(=O)CS(=O)(=O)Nc2c(F)c(F)c(F)c(F)c2Cc2cccc(Cl)c2Cl)cc1. The van der Waals surface area contributed by atoms with E-state index in [4.69, 9.17) is 27.9 Å². The molecule has 0 bridgehead atoms. The second kappa shape index (κ2) is 14.7. The summed E-state index contributed by atoms with van der Waals surface area (Å²) in [6.45, 7) is -0.561. The van der Waals surface area contributed by atoms with E-state index in [9.17, 15) is 31.9 Å². The third-order valence-electron chi connectivity index (χ3n) is 8.68. The highest BCUT2D eigenvalue weighted by atomic mass is 35.5. The molecule has 4 aromatic rings. The number of carboxylic acids is 1. The molecule has 0 atom stereocenters. The first-order valence-electron chi connectivity index (χ1n) is 15.9. The number of anilines is 1. The van der Waals surface area contributed by atoms with Crippen LogP contribution >= 0.6 is 23.2 Å². The fourth-order valence-corrected chi connectivity index (χ4v) is 7.18. The van der Waals surface area contributed by atoms with E-state index in [1.807, 2.05) is 12.1 Å². The van der Waals surface area contributed by atoms with E-state index in [0.717, 1.165) is 47.3 Å². The number of carbonyl (C=O) groups excluding carboxylic acids is 1. The van der Waals surface area contributed by atoms with E-state index in [-0.39, 0.29) is 33.5 Å². The molecule has 0 aromatic heterocycles. The van der Waals surface area contributed by atoms with Crippen LogP contribution in [0.15, 0.2) is 60.7 Å². The van der Waals surface area contributed by atoms with E-state index in [0.29, 0.717) is 11.8 Å². The van der Waals surface area contributed by atoms with Gasteiger partial charge in [0.1, 0.15) is 11.5 Å². The predicted octanol–water partition coefficient (Wildman–Crippen LogP) is 8.40. The molecule has 0 unspecified atom stereocenters. The zero-order valence-corrected chi connectivity index (χ0v) is 29.0. The van der Waals surface area contributed by atoms with Gasteiger partial charge in [-0.15, -0.1) is 0 Å². The predicted molar refractivity (Wildman–Crippen MR) is 183 cm³/mol. The first-order chi connectivity index (χ1) is 24.2. The Kier molecular flexibility index (Phi) is 10.5. The Balaban J connectivity index is 1.28. The summed E-state index contributed by atoms with van der Waals surface area (Å²) in [4.78, 5) is 26.1. The van der Waals surface area contributed by atoms with Crippen molar-refractivity contribution in [2.24, 2.45) is 0 Å². The van der Waals surface area contributed by atoms with Gasteiger partial charge in [-0.2, -0.15) is 0 Å². The zero-order chi connectivity index (χ0) is 36.6. The maximum Gasteiger partial charge on any atom is 0.335 e. The maximum absolute atomic E-state index is 15.2. The molecule has 8 nitrogen and oxygen atoms in total. The normalized spacial score (nSPS) is 14.3. The lowest BCUT2D eigenvalue weighted by Crippen LogP contribution is -2.39.